The minimum atomic E-state index is -1.66. The summed E-state index contributed by atoms with van der Waals surface area (Å²) in [5.41, 5.74) is 11.5. The highest BCUT2D eigenvalue weighted by atomic mass is 16.4. The first-order valence-electron chi connectivity index (χ1n) is 11.2. The number of amides is 4. The van der Waals surface area contributed by atoms with Crippen molar-refractivity contribution >= 4 is 35.6 Å². The molecule has 1 aromatic rings. The predicted octanol–water partition coefficient (Wildman–Crippen LogP) is -2.40. The molecular formula is C21H33N7O8. The molecule has 1 aromatic heterocycles. The number of aromatic amines is 1. The van der Waals surface area contributed by atoms with Crippen molar-refractivity contribution in [3.63, 3.8) is 0 Å². The van der Waals surface area contributed by atoms with Gasteiger partial charge in [-0.05, 0) is 12.3 Å². The summed E-state index contributed by atoms with van der Waals surface area (Å²) in [5, 5.41) is 25.4. The summed E-state index contributed by atoms with van der Waals surface area (Å²) in [6, 6.07) is -5.38. The number of hydrogen-bond donors (Lipinski definition) is 8. The van der Waals surface area contributed by atoms with Crippen molar-refractivity contribution in [3.05, 3.63) is 18.2 Å². The van der Waals surface area contributed by atoms with Gasteiger partial charge in [-0.25, -0.2) is 9.78 Å². The summed E-state index contributed by atoms with van der Waals surface area (Å²) in [4.78, 5) is 78.6. The molecule has 15 heteroatoms. The number of carboxylic acid groups (broad SMARTS) is 2. The maximum atomic E-state index is 13.0. The van der Waals surface area contributed by atoms with E-state index in [1.165, 1.54) is 12.5 Å². The van der Waals surface area contributed by atoms with E-state index in [4.69, 9.17) is 11.5 Å². The molecule has 1 heterocycles. The average Bonchev–Trinajstić information content (AvgIpc) is 3.31. The zero-order valence-corrected chi connectivity index (χ0v) is 20.0. The molecule has 5 unspecified atom stereocenters. The first-order chi connectivity index (χ1) is 16.8. The monoisotopic (exact) mass is 511 g/mol. The Morgan fingerprint density at radius 1 is 1.03 bits per heavy atom. The number of rotatable bonds is 16. The lowest BCUT2D eigenvalue weighted by Gasteiger charge is -2.27. The third-order valence-corrected chi connectivity index (χ3v) is 5.43. The molecule has 0 saturated heterocycles. The number of aromatic nitrogens is 2. The Bertz CT molecular complexity index is 937. The number of carbonyl (C=O) groups excluding carboxylic acids is 4. The number of H-pyrrole nitrogens is 1. The quantitative estimate of drug-likeness (QED) is 0.117. The van der Waals surface area contributed by atoms with Gasteiger partial charge in [0.15, 0.2) is 0 Å². The van der Waals surface area contributed by atoms with Gasteiger partial charge in [0.2, 0.25) is 23.6 Å². The van der Waals surface area contributed by atoms with Gasteiger partial charge < -0.3 is 42.6 Å². The number of nitrogens with two attached hydrogens (primary N) is 2. The van der Waals surface area contributed by atoms with Crippen LogP contribution in [-0.2, 0) is 35.2 Å². The molecule has 0 saturated carbocycles. The molecule has 0 spiro atoms. The van der Waals surface area contributed by atoms with Gasteiger partial charge >= 0.3 is 11.9 Å². The van der Waals surface area contributed by atoms with Crippen LogP contribution >= 0.6 is 0 Å². The molecule has 5 atom stereocenters. The highest BCUT2D eigenvalue weighted by Gasteiger charge is 2.33. The van der Waals surface area contributed by atoms with Crippen LogP contribution in [0, 0.1) is 5.92 Å². The summed E-state index contributed by atoms with van der Waals surface area (Å²) < 4.78 is 0. The number of hydrogen-bond acceptors (Lipinski definition) is 8. The smallest absolute Gasteiger partial charge is 0.326 e. The Morgan fingerprint density at radius 3 is 2.17 bits per heavy atom. The second-order valence-corrected chi connectivity index (χ2v) is 8.32. The zero-order valence-electron chi connectivity index (χ0n) is 20.0. The van der Waals surface area contributed by atoms with Crippen LogP contribution in [0.1, 0.15) is 45.2 Å². The van der Waals surface area contributed by atoms with Crippen molar-refractivity contribution in [2.45, 2.75) is 70.1 Å². The van der Waals surface area contributed by atoms with Crippen LogP contribution in [0.3, 0.4) is 0 Å². The molecule has 0 aliphatic heterocycles. The number of aliphatic carboxylic acids is 2. The fourth-order valence-corrected chi connectivity index (χ4v) is 3.15. The van der Waals surface area contributed by atoms with E-state index >= 15 is 0 Å². The summed E-state index contributed by atoms with van der Waals surface area (Å²) in [6.45, 7) is 3.43. The second kappa shape index (κ2) is 14.4. The fraction of sp³-hybridized carbons (Fsp3) is 0.571. The average molecular weight is 512 g/mol. The maximum Gasteiger partial charge on any atom is 0.326 e. The molecule has 10 N–H and O–H groups in total. The second-order valence-electron chi connectivity index (χ2n) is 8.32. The molecule has 4 amide bonds. The molecular weight excluding hydrogens is 478 g/mol. The first-order valence-corrected chi connectivity index (χ1v) is 11.2. The Morgan fingerprint density at radius 2 is 1.67 bits per heavy atom. The lowest BCUT2D eigenvalue weighted by Crippen LogP contribution is -2.59. The maximum absolute atomic E-state index is 13.0. The lowest BCUT2D eigenvalue weighted by atomic mass is 9.97. The highest BCUT2D eigenvalue weighted by molar-refractivity contribution is 5.95. The topological polar surface area (TPSA) is 260 Å². The van der Waals surface area contributed by atoms with Crippen LogP contribution in [0.25, 0.3) is 0 Å². The minimum Gasteiger partial charge on any atom is -0.481 e. The van der Waals surface area contributed by atoms with E-state index in [9.17, 15) is 39.0 Å². The van der Waals surface area contributed by atoms with Gasteiger partial charge in [-0.3, -0.25) is 24.0 Å². The molecule has 0 radical (unpaired) electrons. The fourth-order valence-electron chi connectivity index (χ4n) is 3.15. The molecule has 36 heavy (non-hydrogen) atoms. The van der Waals surface area contributed by atoms with Crippen LogP contribution in [0.5, 0.6) is 0 Å². The van der Waals surface area contributed by atoms with Crippen molar-refractivity contribution in [2.75, 3.05) is 0 Å². The minimum absolute atomic E-state index is 0.118. The number of carbonyl (C=O) groups is 6. The summed E-state index contributed by atoms with van der Waals surface area (Å²) in [6.07, 6.45) is 1.95. The number of nitrogens with one attached hydrogen (secondary N) is 4. The van der Waals surface area contributed by atoms with Gasteiger partial charge in [-0.15, -0.1) is 0 Å². The largest absolute Gasteiger partial charge is 0.481 e. The van der Waals surface area contributed by atoms with E-state index in [-0.39, 0.29) is 19.3 Å². The molecule has 0 aliphatic carbocycles. The van der Waals surface area contributed by atoms with Crippen LogP contribution in [-0.4, -0.2) is 79.9 Å². The molecule has 15 nitrogen and oxygen atoms in total. The highest BCUT2D eigenvalue weighted by Crippen LogP contribution is 2.10. The van der Waals surface area contributed by atoms with E-state index in [1.54, 1.807) is 13.8 Å². The number of carboxylic acids is 2. The van der Waals surface area contributed by atoms with Crippen LogP contribution in [0.2, 0.25) is 0 Å². The normalized spacial score (nSPS) is 15.0. The van der Waals surface area contributed by atoms with Gasteiger partial charge in [0.05, 0.1) is 18.8 Å². The predicted molar refractivity (Wildman–Crippen MR) is 124 cm³/mol. The molecule has 200 valence electrons. The molecule has 0 bridgehead atoms. The van der Waals surface area contributed by atoms with E-state index in [0.29, 0.717) is 12.1 Å². The molecule has 0 aromatic carbocycles. The molecule has 1 rings (SSSR count). The van der Waals surface area contributed by atoms with Crippen molar-refractivity contribution < 1.29 is 39.0 Å². The van der Waals surface area contributed by atoms with E-state index in [1.807, 2.05) is 0 Å². The number of nitrogens with zero attached hydrogens (tertiary/aromatic N) is 1. The Hall–Kier alpha value is -4.01. The standard InChI is InChI=1S/C21H33N7O8/c1-3-10(2)17(28-18(32)12(22)6-11-8-24-9-25-11)20(34)27-14(7-16(30)31)19(33)26-13(21(35)36)4-5-15(23)29/h8-10,12-14,17H,3-7,22H2,1-2H3,(H2,23,29)(H,24,25)(H,26,33)(H,27,34)(H,28,32)(H,30,31)(H,35,36). The van der Waals surface area contributed by atoms with Crippen LogP contribution in [0.4, 0.5) is 0 Å². The molecule has 0 fully saturated rings. The van der Waals surface area contributed by atoms with Gasteiger partial charge in [-0.1, -0.05) is 20.3 Å². The Balaban J connectivity index is 2.97. The zero-order chi connectivity index (χ0) is 27.4. The van der Waals surface area contributed by atoms with Crippen molar-refractivity contribution in [1.82, 2.24) is 25.9 Å². The van der Waals surface area contributed by atoms with Crippen LogP contribution < -0.4 is 27.4 Å². The summed E-state index contributed by atoms with van der Waals surface area (Å²) >= 11 is 0. The third-order valence-electron chi connectivity index (χ3n) is 5.43. The third kappa shape index (κ3) is 10.1. The van der Waals surface area contributed by atoms with E-state index in [2.05, 4.69) is 25.9 Å². The van der Waals surface area contributed by atoms with Crippen molar-refractivity contribution in [3.8, 4) is 0 Å². The SMILES string of the molecule is CCC(C)C(NC(=O)C(N)Cc1cnc[nH]1)C(=O)NC(CC(=O)O)C(=O)NC(CCC(N)=O)C(=O)O. The van der Waals surface area contributed by atoms with Gasteiger partial charge in [0.1, 0.15) is 18.1 Å². The van der Waals surface area contributed by atoms with Crippen molar-refractivity contribution in [2.24, 2.45) is 17.4 Å². The number of primary amides is 1. The summed E-state index contributed by atoms with van der Waals surface area (Å²) in [5.74, 6) is -6.72. The first kappa shape index (κ1) is 30.0. The van der Waals surface area contributed by atoms with Gasteiger partial charge in [0.25, 0.3) is 0 Å². The van der Waals surface area contributed by atoms with Gasteiger partial charge in [0, 0.05) is 24.7 Å². The summed E-state index contributed by atoms with van der Waals surface area (Å²) in [7, 11) is 0. The number of imidazole rings is 1. The molecule has 0 aliphatic rings. The lowest BCUT2D eigenvalue weighted by molar-refractivity contribution is -0.144. The van der Waals surface area contributed by atoms with Crippen molar-refractivity contribution in [1.29, 1.82) is 0 Å². The van der Waals surface area contributed by atoms with E-state index < -0.39 is 72.1 Å². The van der Waals surface area contributed by atoms with Crippen LogP contribution in [0.15, 0.2) is 12.5 Å². The van der Waals surface area contributed by atoms with Gasteiger partial charge in [-0.2, -0.15) is 0 Å². The van der Waals surface area contributed by atoms with E-state index in [0.717, 1.165) is 0 Å². The Labute approximate surface area is 206 Å². The Kier molecular flexibility index (Phi) is 12.0.